The Labute approximate surface area is 180 Å². The number of hydrogen-bond acceptors (Lipinski definition) is 1. The van der Waals surface area contributed by atoms with Gasteiger partial charge < -0.3 is 5.11 Å². The van der Waals surface area contributed by atoms with Crippen LogP contribution in [0.5, 0.6) is 0 Å². The van der Waals surface area contributed by atoms with Crippen molar-refractivity contribution in [1.29, 1.82) is 0 Å². The quantitative estimate of drug-likeness (QED) is 0.474. The summed E-state index contributed by atoms with van der Waals surface area (Å²) in [5.41, 5.74) is 2.55. The summed E-state index contributed by atoms with van der Waals surface area (Å²) in [6.45, 7) is 12.4. The molecule has 4 aliphatic rings. The second-order valence-corrected chi connectivity index (χ2v) is 12.2. The minimum Gasteiger partial charge on any atom is -0.393 e. The molecule has 0 aromatic heterocycles. The van der Waals surface area contributed by atoms with Gasteiger partial charge in [-0.2, -0.15) is 0 Å². The zero-order chi connectivity index (χ0) is 20.8. The van der Waals surface area contributed by atoms with Crippen molar-refractivity contribution < 1.29 is 5.11 Å². The van der Waals surface area contributed by atoms with Crippen LogP contribution in [0.4, 0.5) is 0 Å². The van der Waals surface area contributed by atoms with Gasteiger partial charge in [0.2, 0.25) is 0 Å². The zero-order valence-corrected chi connectivity index (χ0v) is 19.8. The largest absolute Gasteiger partial charge is 0.393 e. The highest BCUT2D eigenvalue weighted by molar-refractivity contribution is 5.25. The van der Waals surface area contributed by atoms with Crippen molar-refractivity contribution in [2.75, 3.05) is 0 Å². The molecule has 0 saturated heterocycles. The van der Waals surface area contributed by atoms with Crippen molar-refractivity contribution >= 4 is 0 Å². The lowest BCUT2D eigenvalue weighted by Gasteiger charge is -2.58. The molecule has 164 valence electrons. The fourth-order valence-corrected chi connectivity index (χ4v) is 8.46. The number of fused-ring (bicyclic) bond motifs is 5. The Kier molecular flexibility index (Phi) is 6.11. The van der Waals surface area contributed by atoms with Crippen LogP contribution >= 0.6 is 0 Å². The smallest absolute Gasteiger partial charge is 0.0577 e. The van der Waals surface area contributed by atoms with Crippen molar-refractivity contribution in [2.24, 2.45) is 46.3 Å². The van der Waals surface area contributed by atoms with E-state index in [1.807, 2.05) is 0 Å². The highest BCUT2D eigenvalue weighted by Gasteiger charge is 2.58. The topological polar surface area (TPSA) is 20.2 Å². The average Bonchev–Trinajstić information content (AvgIpc) is 3.03. The third-order valence-electron chi connectivity index (χ3n) is 10.1. The molecule has 1 N–H and O–H groups in total. The monoisotopic (exact) mass is 398 g/mol. The van der Waals surface area contributed by atoms with Crippen LogP contribution in [0, 0.1) is 46.3 Å². The van der Waals surface area contributed by atoms with E-state index < -0.39 is 0 Å². The van der Waals surface area contributed by atoms with Crippen LogP contribution in [0.1, 0.15) is 98.8 Å². The van der Waals surface area contributed by atoms with Crippen molar-refractivity contribution in [1.82, 2.24) is 0 Å². The Morgan fingerprint density at radius 3 is 2.52 bits per heavy atom. The molecule has 29 heavy (non-hydrogen) atoms. The van der Waals surface area contributed by atoms with Crippen molar-refractivity contribution in [3.63, 3.8) is 0 Å². The van der Waals surface area contributed by atoms with Crippen LogP contribution in [0.25, 0.3) is 0 Å². The van der Waals surface area contributed by atoms with E-state index in [4.69, 9.17) is 0 Å². The Morgan fingerprint density at radius 2 is 1.76 bits per heavy atom. The minimum absolute atomic E-state index is 0.0832. The van der Waals surface area contributed by atoms with E-state index in [9.17, 15) is 5.11 Å². The van der Waals surface area contributed by atoms with Crippen LogP contribution in [-0.4, -0.2) is 11.2 Å². The second kappa shape index (κ2) is 8.18. The molecule has 4 aliphatic carbocycles. The van der Waals surface area contributed by atoms with E-state index in [1.54, 1.807) is 5.57 Å². The molecule has 0 unspecified atom stereocenters. The lowest BCUT2D eigenvalue weighted by Crippen LogP contribution is -2.50. The first-order chi connectivity index (χ1) is 13.8. The molecule has 8 atom stereocenters. The molecule has 4 rings (SSSR count). The zero-order valence-electron chi connectivity index (χ0n) is 19.8. The Bertz CT molecular complexity index is 645. The maximum absolute atomic E-state index is 10.2. The predicted octanol–water partition coefficient (Wildman–Crippen LogP) is 7.55. The summed E-state index contributed by atoms with van der Waals surface area (Å²) in [7, 11) is 0. The van der Waals surface area contributed by atoms with E-state index >= 15 is 0 Å². The summed E-state index contributed by atoms with van der Waals surface area (Å²) in [6.07, 6.45) is 20.2. The molecular formula is C28H46O. The van der Waals surface area contributed by atoms with Crippen LogP contribution < -0.4 is 0 Å². The molecule has 1 nitrogen and oxygen atoms in total. The normalized spacial score (nSPS) is 45.6. The molecular weight excluding hydrogens is 352 g/mol. The number of allylic oxidation sites excluding steroid dienone is 3. The van der Waals surface area contributed by atoms with E-state index in [0.29, 0.717) is 10.8 Å². The first-order valence-electron chi connectivity index (χ1n) is 12.8. The van der Waals surface area contributed by atoms with E-state index in [1.165, 1.54) is 51.4 Å². The van der Waals surface area contributed by atoms with Gasteiger partial charge in [-0.05, 0) is 111 Å². The molecule has 0 bridgehead atoms. The first-order valence-corrected chi connectivity index (χ1v) is 12.8. The van der Waals surface area contributed by atoms with E-state index in [2.05, 4.69) is 52.8 Å². The summed E-state index contributed by atoms with van der Waals surface area (Å²) < 4.78 is 0. The molecule has 0 heterocycles. The Hall–Kier alpha value is -0.560. The summed E-state index contributed by atoms with van der Waals surface area (Å²) in [6, 6.07) is 0. The van der Waals surface area contributed by atoms with E-state index in [-0.39, 0.29) is 6.10 Å². The van der Waals surface area contributed by atoms with Gasteiger partial charge in [0.1, 0.15) is 0 Å². The van der Waals surface area contributed by atoms with Gasteiger partial charge in [0.25, 0.3) is 0 Å². The van der Waals surface area contributed by atoms with Gasteiger partial charge in [-0.15, -0.1) is 0 Å². The molecule has 0 aliphatic heterocycles. The second-order valence-electron chi connectivity index (χ2n) is 12.2. The third kappa shape index (κ3) is 3.79. The van der Waals surface area contributed by atoms with Gasteiger partial charge in [0.15, 0.2) is 0 Å². The molecule has 0 aromatic carbocycles. The summed E-state index contributed by atoms with van der Waals surface area (Å²) in [5, 5.41) is 10.2. The Morgan fingerprint density at radius 1 is 1.00 bits per heavy atom. The maximum atomic E-state index is 10.2. The standard InChI is InChI=1S/C28H46O/c1-19(2)8-6-7-9-20(3)24-12-13-25-23-11-10-21-18-22(29)14-16-27(21,4)26(23)15-17-28(24,25)5/h6-7,10,19-20,22-26,29H,8-9,11-18H2,1-5H3/b7-6+/t20-,22+,23+,24-,25+,26+,27+,28-/m1/s1. The van der Waals surface area contributed by atoms with Crippen molar-refractivity contribution in [3.8, 4) is 0 Å². The molecule has 3 fully saturated rings. The third-order valence-corrected chi connectivity index (χ3v) is 10.1. The van der Waals surface area contributed by atoms with Gasteiger partial charge in [-0.25, -0.2) is 0 Å². The number of rotatable bonds is 5. The lowest BCUT2D eigenvalue weighted by molar-refractivity contribution is -0.0565. The van der Waals surface area contributed by atoms with Gasteiger partial charge in [0.05, 0.1) is 6.10 Å². The molecule has 0 radical (unpaired) electrons. The number of aliphatic hydroxyl groups is 1. The lowest BCUT2D eigenvalue weighted by atomic mass is 9.47. The highest BCUT2D eigenvalue weighted by atomic mass is 16.3. The fourth-order valence-electron chi connectivity index (χ4n) is 8.46. The average molecular weight is 399 g/mol. The maximum Gasteiger partial charge on any atom is 0.0577 e. The first kappa shape index (κ1) is 21.7. The fraction of sp³-hybridized carbons (Fsp3) is 0.857. The van der Waals surface area contributed by atoms with Crippen LogP contribution in [-0.2, 0) is 0 Å². The van der Waals surface area contributed by atoms with Crippen molar-refractivity contribution in [2.45, 2.75) is 105 Å². The summed E-state index contributed by atoms with van der Waals surface area (Å²) in [4.78, 5) is 0. The van der Waals surface area contributed by atoms with Gasteiger partial charge >= 0.3 is 0 Å². The van der Waals surface area contributed by atoms with Gasteiger partial charge in [-0.1, -0.05) is 58.4 Å². The predicted molar refractivity (Wildman–Crippen MR) is 124 cm³/mol. The molecule has 0 spiro atoms. The SMILES string of the molecule is CC(C)C/C=C/C[C@@H](C)[C@H]1CC[C@H]2[C@@H]3CC=C4C[C@@H](O)CC[C@]4(C)[C@H]3CC[C@]12C. The van der Waals surface area contributed by atoms with Crippen LogP contribution in [0.3, 0.4) is 0 Å². The molecule has 1 heteroatoms. The Balaban J connectivity index is 1.48. The van der Waals surface area contributed by atoms with Crippen LogP contribution in [0.2, 0.25) is 0 Å². The highest BCUT2D eigenvalue weighted by Crippen LogP contribution is 2.67. The summed E-state index contributed by atoms with van der Waals surface area (Å²) >= 11 is 0. The number of aliphatic hydroxyl groups excluding tert-OH is 1. The van der Waals surface area contributed by atoms with Crippen LogP contribution in [0.15, 0.2) is 23.8 Å². The van der Waals surface area contributed by atoms with Crippen molar-refractivity contribution in [3.05, 3.63) is 23.8 Å². The minimum atomic E-state index is -0.0832. The van der Waals surface area contributed by atoms with Gasteiger partial charge in [-0.3, -0.25) is 0 Å². The van der Waals surface area contributed by atoms with Gasteiger partial charge in [0, 0.05) is 0 Å². The molecule has 0 aromatic rings. The number of hydrogen-bond donors (Lipinski definition) is 1. The van der Waals surface area contributed by atoms with E-state index in [0.717, 1.165) is 48.3 Å². The summed E-state index contributed by atoms with van der Waals surface area (Å²) in [5.74, 6) is 5.19. The molecule has 3 saturated carbocycles. The molecule has 0 amide bonds.